The number of ether oxygens (including phenoxy) is 2. The van der Waals surface area contributed by atoms with Gasteiger partial charge in [-0.3, -0.25) is 19.3 Å². The normalized spacial score (nSPS) is 23.7. The van der Waals surface area contributed by atoms with Gasteiger partial charge in [0.25, 0.3) is 11.8 Å². The van der Waals surface area contributed by atoms with Crippen LogP contribution in [0.1, 0.15) is 77.4 Å². The van der Waals surface area contributed by atoms with Crippen LogP contribution in [0.25, 0.3) is 0 Å². The molecule has 2 fully saturated rings. The Morgan fingerprint density at radius 3 is 2.62 bits per heavy atom. The summed E-state index contributed by atoms with van der Waals surface area (Å²) in [5.41, 5.74) is 2.16. The number of benzene rings is 2. The number of hydrogen-bond acceptors (Lipinski definition) is 6. The summed E-state index contributed by atoms with van der Waals surface area (Å²) in [6, 6.07) is 11.4. The molecule has 2 aromatic carbocycles. The Kier molecular flexibility index (Phi) is 7.40. The molecule has 6 rings (SSSR count). The molecule has 0 unspecified atom stereocenters. The molecule has 4 aliphatic rings. The maximum absolute atomic E-state index is 13.8. The third-order valence-corrected chi connectivity index (χ3v) is 9.08. The van der Waals surface area contributed by atoms with E-state index in [-0.39, 0.29) is 17.7 Å². The van der Waals surface area contributed by atoms with Crippen LogP contribution in [0.15, 0.2) is 36.4 Å². The quantitative estimate of drug-likeness (QED) is 0.539. The zero-order chi connectivity index (χ0) is 27.8. The van der Waals surface area contributed by atoms with Crippen molar-refractivity contribution >= 4 is 23.4 Å². The lowest BCUT2D eigenvalue weighted by atomic mass is 9.83. The summed E-state index contributed by atoms with van der Waals surface area (Å²) in [6.07, 6.45) is 6.38. The summed E-state index contributed by atoms with van der Waals surface area (Å²) in [4.78, 5) is 46.4. The van der Waals surface area contributed by atoms with Gasteiger partial charge >= 0.3 is 0 Å². The van der Waals surface area contributed by atoms with E-state index in [1.165, 1.54) is 59.4 Å². The van der Waals surface area contributed by atoms with Crippen LogP contribution in [0, 0.1) is 5.92 Å². The summed E-state index contributed by atoms with van der Waals surface area (Å²) >= 11 is 0. The summed E-state index contributed by atoms with van der Waals surface area (Å²) in [6.45, 7) is 3.44. The van der Waals surface area contributed by atoms with Gasteiger partial charge in [-0.25, -0.2) is 0 Å². The van der Waals surface area contributed by atoms with Crippen LogP contribution >= 0.6 is 0 Å². The highest BCUT2D eigenvalue weighted by Crippen LogP contribution is 2.49. The second kappa shape index (κ2) is 11.1. The van der Waals surface area contributed by atoms with E-state index in [1.807, 2.05) is 12.1 Å². The maximum Gasteiger partial charge on any atom is 0.264 e. The molecule has 9 heteroatoms. The molecule has 9 nitrogen and oxygen atoms in total. The van der Waals surface area contributed by atoms with E-state index >= 15 is 0 Å². The standard InChI is InChI=1S/C31H38N4O5/c1-39-25-15-14-22-27(28(25)40-2)31(38)35-24-12-4-3-10-21(24)30(37)34(29(22)35)18-8-13-26(36)32-19-20-9-7-17-33-16-6-5-11-23(20)33/h3-4,10,12,14-15,20,23,29H,5-9,11,13,16-19H2,1-2H3,(H,32,36)/t20-,23+,29-/m0/s1. The molecule has 0 saturated carbocycles. The molecule has 2 aromatic rings. The molecule has 3 atom stereocenters. The summed E-state index contributed by atoms with van der Waals surface area (Å²) in [5.74, 6) is 0.980. The number of carbonyl (C=O) groups excluding carboxylic acids is 3. The van der Waals surface area contributed by atoms with Gasteiger partial charge < -0.3 is 24.6 Å². The SMILES string of the molecule is COc1ccc2c(c1OC)C(=O)N1c3ccccc3C(=O)N(CCCC(=O)NC[C@@H]3CCCN4CCCC[C@H]34)[C@H]21. The largest absolute Gasteiger partial charge is 0.493 e. The highest BCUT2D eigenvalue weighted by atomic mass is 16.5. The zero-order valence-corrected chi connectivity index (χ0v) is 23.4. The number of anilines is 1. The van der Waals surface area contributed by atoms with E-state index in [0.717, 1.165) is 6.54 Å². The molecule has 212 valence electrons. The minimum Gasteiger partial charge on any atom is -0.493 e. The molecule has 4 heterocycles. The van der Waals surface area contributed by atoms with Crippen LogP contribution in [-0.2, 0) is 4.79 Å². The number of methoxy groups -OCH3 is 2. The number of hydrogen-bond donors (Lipinski definition) is 1. The summed E-state index contributed by atoms with van der Waals surface area (Å²) in [7, 11) is 3.05. The average Bonchev–Trinajstić information content (AvgIpc) is 3.29. The van der Waals surface area contributed by atoms with Crippen molar-refractivity contribution in [3.05, 3.63) is 53.1 Å². The van der Waals surface area contributed by atoms with Crippen molar-refractivity contribution in [2.45, 2.75) is 57.2 Å². The van der Waals surface area contributed by atoms with Crippen LogP contribution < -0.4 is 19.7 Å². The van der Waals surface area contributed by atoms with Gasteiger partial charge in [0.2, 0.25) is 5.91 Å². The lowest BCUT2D eigenvalue weighted by Gasteiger charge is -2.44. The van der Waals surface area contributed by atoms with E-state index in [1.54, 1.807) is 34.1 Å². The molecule has 4 aliphatic heterocycles. The minimum atomic E-state index is -0.604. The maximum atomic E-state index is 13.8. The lowest BCUT2D eigenvalue weighted by Crippen LogP contribution is -2.51. The van der Waals surface area contributed by atoms with Crippen LogP contribution in [0.2, 0.25) is 0 Å². The van der Waals surface area contributed by atoms with Gasteiger partial charge in [0, 0.05) is 31.1 Å². The van der Waals surface area contributed by atoms with Gasteiger partial charge in [-0.1, -0.05) is 24.6 Å². The van der Waals surface area contributed by atoms with Crippen LogP contribution in [-0.4, -0.2) is 74.0 Å². The van der Waals surface area contributed by atoms with E-state index in [4.69, 9.17) is 9.47 Å². The highest BCUT2D eigenvalue weighted by Gasteiger charge is 2.49. The fourth-order valence-electron chi connectivity index (χ4n) is 7.21. The van der Waals surface area contributed by atoms with Gasteiger partial charge in [0.15, 0.2) is 11.5 Å². The fraction of sp³-hybridized carbons (Fsp3) is 0.516. The van der Waals surface area contributed by atoms with E-state index in [2.05, 4.69) is 10.2 Å². The zero-order valence-electron chi connectivity index (χ0n) is 23.4. The molecule has 0 aliphatic carbocycles. The smallest absolute Gasteiger partial charge is 0.264 e. The fourth-order valence-corrected chi connectivity index (χ4v) is 7.21. The predicted octanol–water partition coefficient (Wildman–Crippen LogP) is 3.98. The van der Waals surface area contributed by atoms with Crippen LogP contribution in [0.5, 0.6) is 11.5 Å². The third-order valence-electron chi connectivity index (χ3n) is 9.08. The summed E-state index contributed by atoms with van der Waals surface area (Å²) in [5, 5.41) is 3.18. The van der Waals surface area contributed by atoms with Gasteiger partial charge in [0.1, 0.15) is 6.17 Å². The molecular formula is C31H38N4O5. The van der Waals surface area contributed by atoms with Crippen molar-refractivity contribution in [2.75, 3.05) is 45.3 Å². The van der Waals surface area contributed by atoms with E-state index in [9.17, 15) is 14.4 Å². The van der Waals surface area contributed by atoms with Crippen molar-refractivity contribution < 1.29 is 23.9 Å². The van der Waals surface area contributed by atoms with E-state index < -0.39 is 6.17 Å². The minimum absolute atomic E-state index is 0.0175. The first-order valence-corrected chi connectivity index (χ1v) is 14.5. The molecule has 40 heavy (non-hydrogen) atoms. The number of rotatable bonds is 8. The van der Waals surface area contributed by atoms with E-state index in [0.29, 0.717) is 65.2 Å². The Morgan fingerprint density at radius 2 is 1.80 bits per heavy atom. The number of para-hydroxylation sites is 1. The van der Waals surface area contributed by atoms with Crippen molar-refractivity contribution in [1.82, 2.24) is 15.1 Å². The highest BCUT2D eigenvalue weighted by molar-refractivity contribution is 6.18. The number of nitrogens with one attached hydrogen (secondary N) is 1. The predicted molar refractivity (Wildman–Crippen MR) is 151 cm³/mol. The van der Waals surface area contributed by atoms with Gasteiger partial charge in [-0.15, -0.1) is 0 Å². The third kappa shape index (κ3) is 4.50. The average molecular weight is 547 g/mol. The van der Waals surface area contributed by atoms with Crippen molar-refractivity contribution in [3.8, 4) is 11.5 Å². The first-order chi connectivity index (χ1) is 19.5. The monoisotopic (exact) mass is 546 g/mol. The molecule has 0 radical (unpaired) electrons. The van der Waals surface area contributed by atoms with Crippen molar-refractivity contribution in [3.63, 3.8) is 0 Å². The lowest BCUT2D eigenvalue weighted by molar-refractivity contribution is -0.121. The number of amides is 3. The number of piperidine rings is 2. The Labute approximate surface area is 235 Å². The van der Waals surface area contributed by atoms with Crippen molar-refractivity contribution in [1.29, 1.82) is 0 Å². The van der Waals surface area contributed by atoms with Gasteiger partial charge in [0.05, 0.1) is 31.0 Å². The Bertz CT molecular complexity index is 1310. The molecule has 0 spiro atoms. The van der Waals surface area contributed by atoms with Crippen molar-refractivity contribution in [2.24, 2.45) is 5.92 Å². The first-order valence-electron chi connectivity index (χ1n) is 14.5. The second-order valence-electron chi connectivity index (χ2n) is 11.2. The number of fused-ring (bicyclic) bond motifs is 6. The topological polar surface area (TPSA) is 91.4 Å². The molecule has 0 aromatic heterocycles. The summed E-state index contributed by atoms with van der Waals surface area (Å²) < 4.78 is 11.0. The Balaban J connectivity index is 1.17. The Morgan fingerprint density at radius 1 is 0.975 bits per heavy atom. The van der Waals surface area contributed by atoms with Gasteiger partial charge in [-0.05, 0) is 69.3 Å². The molecule has 0 bridgehead atoms. The van der Waals surface area contributed by atoms with Crippen LogP contribution in [0.4, 0.5) is 5.69 Å². The Hall–Kier alpha value is -3.59. The molecular weight excluding hydrogens is 508 g/mol. The molecule has 2 saturated heterocycles. The molecule has 3 amide bonds. The number of nitrogens with zero attached hydrogens (tertiary/aromatic N) is 3. The molecule has 1 N–H and O–H groups in total. The first kappa shape index (κ1) is 26.6. The second-order valence-corrected chi connectivity index (χ2v) is 11.2. The van der Waals surface area contributed by atoms with Crippen LogP contribution in [0.3, 0.4) is 0 Å². The number of carbonyl (C=O) groups is 3. The van der Waals surface area contributed by atoms with Gasteiger partial charge in [-0.2, -0.15) is 0 Å².